The maximum atomic E-state index is 13.3. The molecule has 0 spiro atoms. The molecule has 30 heavy (non-hydrogen) atoms. The lowest BCUT2D eigenvalue weighted by Crippen LogP contribution is -2.44. The van der Waals surface area contributed by atoms with Gasteiger partial charge in [0.05, 0.1) is 13.1 Å². The summed E-state index contributed by atoms with van der Waals surface area (Å²) in [5, 5.41) is 2.04. The molecule has 1 aromatic carbocycles. The van der Waals surface area contributed by atoms with E-state index in [9.17, 15) is 9.59 Å². The van der Waals surface area contributed by atoms with Gasteiger partial charge in [0.2, 0.25) is 11.8 Å². The largest absolute Gasteiger partial charge is 0.382 e. The fraction of sp³-hybridized carbons (Fsp3) is 0.478. The van der Waals surface area contributed by atoms with E-state index in [1.165, 1.54) is 12.7 Å². The van der Waals surface area contributed by atoms with E-state index in [0.717, 1.165) is 10.4 Å². The van der Waals surface area contributed by atoms with Crippen molar-refractivity contribution in [3.8, 4) is 0 Å². The third-order valence-corrected chi connectivity index (χ3v) is 5.75. The Kier molecular flexibility index (Phi) is 10.5. The van der Waals surface area contributed by atoms with Gasteiger partial charge in [-0.3, -0.25) is 9.59 Å². The first kappa shape index (κ1) is 24.1. The van der Waals surface area contributed by atoms with Gasteiger partial charge in [0, 0.05) is 38.3 Å². The van der Waals surface area contributed by atoms with Crippen molar-refractivity contribution in [3.63, 3.8) is 0 Å². The van der Waals surface area contributed by atoms with E-state index in [4.69, 9.17) is 9.47 Å². The molecule has 164 valence electrons. The molecule has 0 fully saturated rings. The summed E-state index contributed by atoms with van der Waals surface area (Å²) < 4.78 is 10.4. The molecule has 7 heteroatoms. The average molecular weight is 433 g/mol. The molecule has 0 aliphatic rings. The number of rotatable bonds is 13. The van der Waals surface area contributed by atoms with Crippen molar-refractivity contribution >= 4 is 23.2 Å². The summed E-state index contributed by atoms with van der Waals surface area (Å²) in [7, 11) is 1.49. The Balaban J connectivity index is 2.11. The molecule has 6 nitrogen and oxygen atoms in total. The van der Waals surface area contributed by atoms with Crippen molar-refractivity contribution in [2.24, 2.45) is 0 Å². The summed E-state index contributed by atoms with van der Waals surface area (Å²) in [6.45, 7) is 6.68. The van der Waals surface area contributed by atoms with Gasteiger partial charge in [0.15, 0.2) is 0 Å². The number of nitrogens with zero attached hydrogens (tertiary/aromatic N) is 2. The molecule has 0 atom stereocenters. The van der Waals surface area contributed by atoms with Gasteiger partial charge in [-0.15, -0.1) is 11.3 Å². The third kappa shape index (κ3) is 7.89. The first-order valence-corrected chi connectivity index (χ1v) is 11.1. The van der Waals surface area contributed by atoms with Crippen LogP contribution in [0.25, 0.3) is 0 Å². The summed E-state index contributed by atoms with van der Waals surface area (Å²) in [5.74, 6) is -0.262. The lowest BCUT2D eigenvalue weighted by molar-refractivity contribution is -0.143. The molecule has 0 radical (unpaired) electrons. The predicted octanol–water partition coefficient (Wildman–Crippen LogP) is 3.49. The fourth-order valence-electron chi connectivity index (χ4n) is 3.05. The Labute approximate surface area is 183 Å². The SMILES string of the molecule is CCOCCCN(CC(=O)N(Cc1ccccc1)Cc1sccc1C)C(=O)COC. The van der Waals surface area contributed by atoms with Crippen LogP contribution in [0.2, 0.25) is 0 Å². The number of ether oxygens (including phenoxy) is 2. The van der Waals surface area contributed by atoms with Crippen LogP contribution in [-0.2, 0) is 32.2 Å². The molecule has 2 rings (SSSR count). The topological polar surface area (TPSA) is 59.1 Å². The van der Waals surface area contributed by atoms with E-state index in [1.807, 2.05) is 47.5 Å². The minimum Gasteiger partial charge on any atom is -0.382 e. The monoisotopic (exact) mass is 432 g/mol. The summed E-state index contributed by atoms with van der Waals surface area (Å²) in [6.07, 6.45) is 0.680. The second-order valence-corrected chi connectivity index (χ2v) is 8.06. The van der Waals surface area contributed by atoms with Crippen molar-refractivity contribution in [2.45, 2.75) is 33.4 Å². The Morgan fingerprint density at radius 1 is 1.03 bits per heavy atom. The van der Waals surface area contributed by atoms with Crippen LogP contribution in [0.1, 0.15) is 29.3 Å². The summed E-state index contributed by atoms with van der Waals surface area (Å²) in [6, 6.07) is 12.0. The van der Waals surface area contributed by atoms with E-state index in [2.05, 4.69) is 13.0 Å². The van der Waals surface area contributed by atoms with Crippen molar-refractivity contribution in [1.29, 1.82) is 0 Å². The Bertz CT molecular complexity index is 779. The Morgan fingerprint density at radius 3 is 2.43 bits per heavy atom. The zero-order chi connectivity index (χ0) is 21.8. The quantitative estimate of drug-likeness (QED) is 0.455. The second kappa shape index (κ2) is 13.2. The zero-order valence-corrected chi connectivity index (χ0v) is 19.0. The number of hydrogen-bond acceptors (Lipinski definition) is 5. The first-order valence-electron chi connectivity index (χ1n) is 10.2. The summed E-state index contributed by atoms with van der Waals surface area (Å²) in [5.41, 5.74) is 2.24. The Morgan fingerprint density at radius 2 is 1.80 bits per heavy atom. The Hall–Kier alpha value is -2.22. The lowest BCUT2D eigenvalue weighted by atomic mass is 10.2. The molecule has 0 unspecified atom stereocenters. The molecule has 0 saturated carbocycles. The number of hydrogen-bond donors (Lipinski definition) is 0. The average Bonchev–Trinajstić information content (AvgIpc) is 3.15. The van der Waals surface area contributed by atoms with Crippen LogP contribution in [0.15, 0.2) is 41.8 Å². The molecule has 1 aromatic heterocycles. The highest BCUT2D eigenvalue weighted by atomic mass is 32.1. The number of carbonyl (C=O) groups excluding carboxylic acids is 2. The van der Waals surface area contributed by atoms with E-state index in [1.54, 1.807) is 16.2 Å². The van der Waals surface area contributed by atoms with Gasteiger partial charge < -0.3 is 19.3 Å². The number of aryl methyl sites for hydroxylation is 1. The number of carbonyl (C=O) groups is 2. The van der Waals surface area contributed by atoms with Gasteiger partial charge in [0.1, 0.15) is 6.61 Å². The number of amides is 2. The van der Waals surface area contributed by atoms with Crippen LogP contribution in [0.4, 0.5) is 0 Å². The van der Waals surface area contributed by atoms with Gasteiger partial charge in [0.25, 0.3) is 0 Å². The highest BCUT2D eigenvalue weighted by Gasteiger charge is 2.22. The smallest absolute Gasteiger partial charge is 0.249 e. The molecule has 1 heterocycles. The van der Waals surface area contributed by atoms with Gasteiger partial charge in [-0.2, -0.15) is 0 Å². The van der Waals surface area contributed by atoms with Crippen molar-refractivity contribution in [1.82, 2.24) is 9.80 Å². The molecule has 0 N–H and O–H groups in total. The van der Waals surface area contributed by atoms with Gasteiger partial charge in [-0.05, 0) is 42.8 Å². The number of benzene rings is 1. The van der Waals surface area contributed by atoms with Crippen LogP contribution >= 0.6 is 11.3 Å². The molecule has 0 bridgehead atoms. The summed E-state index contributed by atoms with van der Waals surface area (Å²) >= 11 is 1.65. The molecule has 0 saturated heterocycles. The standard InChI is InChI=1S/C23H32N2O4S/c1-4-29-13-8-12-24(23(27)18-28-3)17-22(26)25(15-20-9-6-5-7-10-20)16-21-19(2)11-14-30-21/h5-7,9-11,14H,4,8,12-13,15-18H2,1-3H3. The van der Waals surface area contributed by atoms with Crippen LogP contribution in [-0.4, -0.2) is 61.6 Å². The van der Waals surface area contributed by atoms with E-state index in [-0.39, 0.29) is 25.0 Å². The highest BCUT2D eigenvalue weighted by Crippen LogP contribution is 2.19. The zero-order valence-electron chi connectivity index (χ0n) is 18.1. The van der Waals surface area contributed by atoms with Crippen molar-refractivity contribution < 1.29 is 19.1 Å². The van der Waals surface area contributed by atoms with Crippen LogP contribution in [0, 0.1) is 6.92 Å². The van der Waals surface area contributed by atoms with Crippen molar-refractivity contribution in [2.75, 3.05) is 40.0 Å². The van der Waals surface area contributed by atoms with Crippen LogP contribution < -0.4 is 0 Å². The predicted molar refractivity (Wildman–Crippen MR) is 119 cm³/mol. The molecular weight excluding hydrogens is 400 g/mol. The van der Waals surface area contributed by atoms with E-state index in [0.29, 0.717) is 39.3 Å². The minimum absolute atomic E-state index is 0.0333. The molecule has 0 aliphatic carbocycles. The van der Waals surface area contributed by atoms with Gasteiger partial charge >= 0.3 is 0 Å². The first-order chi connectivity index (χ1) is 14.5. The van der Waals surface area contributed by atoms with Crippen molar-refractivity contribution in [3.05, 3.63) is 57.8 Å². The molecule has 2 aromatic rings. The lowest BCUT2D eigenvalue weighted by Gasteiger charge is -2.28. The molecule has 0 aliphatic heterocycles. The number of thiophene rings is 1. The van der Waals surface area contributed by atoms with Gasteiger partial charge in [-0.1, -0.05) is 30.3 Å². The van der Waals surface area contributed by atoms with Crippen LogP contribution in [0.3, 0.4) is 0 Å². The maximum Gasteiger partial charge on any atom is 0.249 e. The molecular formula is C23H32N2O4S. The van der Waals surface area contributed by atoms with E-state index < -0.39 is 0 Å². The maximum absolute atomic E-state index is 13.3. The third-order valence-electron chi connectivity index (χ3n) is 4.74. The van der Waals surface area contributed by atoms with E-state index >= 15 is 0 Å². The normalized spacial score (nSPS) is 10.8. The highest BCUT2D eigenvalue weighted by molar-refractivity contribution is 7.10. The van der Waals surface area contributed by atoms with Gasteiger partial charge in [-0.25, -0.2) is 0 Å². The minimum atomic E-state index is -0.186. The summed E-state index contributed by atoms with van der Waals surface area (Å²) in [4.78, 5) is 30.3. The van der Waals surface area contributed by atoms with Crippen LogP contribution in [0.5, 0.6) is 0 Å². The molecule has 2 amide bonds. The number of methoxy groups -OCH3 is 1. The fourth-order valence-corrected chi connectivity index (χ4v) is 3.97. The second-order valence-electron chi connectivity index (χ2n) is 7.06.